The highest BCUT2D eigenvalue weighted by Gasteiger charge is 2.21. The number of nitrogens with zero attached hydrogens (tertiary/aromatic N) is 5. The van der Waals surface area contributed by atoms with Gasteiger partial charge in [0.25, 0.3) is 5.56 Å². The third kappa shape index (κ3) is 5.21. The van der Waals surface area contributed by atoms with E-state index < -0.39 is 6.10 Å². The summed E-state index contributed by atoms with van der Waals surface area (Å²) in [6.45, 7) is 3.91. The average Bonchev–Trinajstić information content (AvgIpc) is 3.48. The number of nitrogens with one attached hydrogen (secondary N) is 1. The molecule has 38 heavy (non-hydrogen) atoms. The van der Waals surface area contributed by atoms with Crippen molar-refractivity contribution in [3.8, 4) is 22.7 Å². The summed E-state index contributed by atoms with van der Waals surface area (Å²) in [5.41, 5.74) is 3.40. The second-order valence-electron chi connectivity index (χ2n) is 8.90. The van der Waals surface area contributed by atoms with Crippen LogP contribution in [0, 0.1) is 6.92 Å². The molecule has 0 aliphatic rings. The molecular weight excluding hydrogens is 500 g/mol. The summed E-state index contributed by atoms with van der Waals surface area (Å²) in [4.78, 5) is 18.6. The highest BCUT2D eigenvalue weighted by atomic mass is 35.5. The Morgan fingerprint density at radius 1 is 1.00 bits per heavy atom. The lowest BCUT2D eigenvalue weighted by atomic mass is 10.1. The molecule has 0 radical (unpaired) electrons. The van der Waals surface area contributed by atoms with E-state index in [1.54, 1.807) is 11.5 Å². The van der Waals surface area contributed by atoms with Gasteiger partial charge >= 0.3 is 0 Å². The predicted octanol–water partition coefficient (Wildman–Crippen LogP) is 5.89. The van der Waals surface area contributed by atoms with Gasteiger partial charge in [-0.15, -0.1) is 10.2 Å². The zero-order chi connectivity index (χ0) is 26.5. The van der Waals surface area contributed by atoms with Gasteiger partial charge in [0.15, 0.2) is 6.10 Å². The van der Waals surface area contributed by atoms with Crippen LogP contribution in [-0.4, -0.2) is 30.2 Å². The van der Waals surface area contributed by atoms with Crippen molar-refractivity contribution in [2.45, 2.75) is 39.2 Å². The second-order valence-corrected chi connectivity index (χ2v) is 9.31. The maximum absolute atomic E-state index is 13.7. The number of tetrazole rings is 1. The fourth-order valence-corrected chi connectivity index (χ4v) is 4.55. The summed E-state index contributed by atoms with van der Waals surface area (Å²) < 4.78 is 7.96. The van der Waals surface area contributed by atoms with E-state index in [2.05, 4.69) is 27.5 Å². The summed E-state index contributed by atoms with van der Waals surface area (Å²) in [7, 11) is 0. The van der Waals surface area contributed by atoms with Crippen LogP contribution in [0.5, 0.6) is 5.75 Å². The lowest BCUT2D eigenvalue weighted by Gasteiger charge is -2.18. The summed E-state index contributed by atoms with van der Waals surface area (Å²) in [5.74, 6) is 1.72. The smallest absolute Gasteiger partial charge is 0.261 e. The molecule has 0 aliphatic carbocycles. The van der Waals surface area contributed by atoms with Crippen molar-refractivity contribution < 1.29 is 4.74 Å². The van der Waals surface area contributed by atoms with Crippen LogP contribution in [0.25, 0.3) is 16.9 Å². The van der Waals surface area contributed by atoms with Crippen molar-refractivity contribution >= 4 is 11.6 Å². The molecule has 192 valence electrons. The molecule has 0 saturated carbocycles. The molecule has 8 nitrogen and oxygen atoms in total. The third-order valence-electron chi connectivity index (χ3n) is 6.31. The number of rotatable bonds is 9. The van der Waals surface area contributed by atoms with Crippen LogP contribution in [0.4, 0.5) is 0 Å². The van der Waals surface area contributed by atoms with Gasteiger partial charge in [0, 0.05) is 28.1 Å². The normalized spacial score (nSPS) is 11.9. The third-order valence-corrected chi connectivity index (χ3v) is 6.64. The minimum absolute atomic E-state index is 0.122. The molecule has 2 aromatic heterocycles. The molecule has 0 amide bonds. The van der Waals surface area contributed by atoms with Crippen LogP contribution in [-0.2, 0) is 6.42 Å². The van der Waals surface area contributed by atoms with Gasteiger partial charge < -0.3 is 4.74 Å². The fourth-order valence-electron chi connectivity index (χ4n) is 4.32. The van der Waals surface area contributed by atoms with E-state index in [1.807, 2.05) is 78.9 Å². The Morgan fingerprint density at radius 2 is 1.74 bits per heavy atom. The molecule has 1 N–H and O–H groups in total. The Kier molecular flexibility index (Phi) is 7.60. The van der Waals surface area contributed by atoms with Crippen LogP contribution in [0.2, 0.25) is 5.02 Å². The van der Waals surface area contributed by atoms with E-state index in [-0.39, 0.29) is 5.56 Å². The van der Waals surface area contributed by atoms with Crippen LogP contribution in [0.15, 0.2) is 83.7 Å². The highest BCUT2D eigenvalue weighted by Crippen LogP contribution is 2.29. The number of aryl methyl sites for hydroxylation is 1. The number of aromatic amines is 1. The van der Waals surface area contributed by atoms with Crippen molar-refractivity contribution in [1.29, 1.82) is 0 Å². The first-order chi connectivity index (χ1) is 18.6. The maximum atomic E-state index is 13.7. The van der Waals surface area contributed by atoms with E-state index in [4.69, 9.17) is 21.3 Å². The maximum Gasteiger partial charge on any atom is 0.261 e. The summed E-state index contributed by atoms with van der Waals surface area (Å²) in [6, 6.07) is 24.6. The van der Waals surface area contributed by atoms with Crippen molar-refractivity contribution in [2.75, 3.05) is 0 Å². The van der Waals surface area contributed by atoms with E-state index in [1.165, 1.54) is 0 Å². The van der Waals surface area contributed by atoms with E-state index in [9.17, 15) is 4.79 Å². The lowest BCUT2D eigenvalue weighted by Crippen LogP contribution is -2.26. The van der Waals surface area contributed by atoms with Gasteiger partial charge in [-0.25, -0.2) is 4.98 Å². The van der Waals surface area contributed by atoms with Crippen molar-refractivity contribution in [3.63, 3.8) is 0 Å². The van der Waals surface area contributed by atoms with Gasteiger partial charge in [-0.1, -0.05) is 78.7 Å². The molecule has 1 unspecified atom stereocenters. The number of hydrogen-bond donors (Lipinski definition) is 1. The number of benzene rings is 3. The van der Waals surface area contributed by atoms with Gasteiger partial charge in [0.2, 0.25) is 5.82 Å². The minimum atomic E-state index is -0.539. The molecular formula is C29H27ClN6O2. The van der Waals surface area contributed by atoms with Crippen LogP contribution >= 0.6 is 11.6 Å². The van der Waals surface area contributed by atoms with Gasteiger partial charge in [0.05, 0.1) is 11.4 Å². The molecule has 0 bridgehead atoms. The number of H-pyrrole nitrogens is 1. The number of hydrogen-bond acceptors (Lipinski definition) is 6. The van der Waals surface area contributed by atoms with E-state index in [0.717, 1.165) is 24.0 Å². The fraction of sp³-hybridized carbons (Fsp3) is 0.207. The van der Waals surface area contributed by atoms with Crippen molar-refractivity contribution in [1.82, 2.24) is 30.2 Å². The van der Waals surface area contributed by atoms with E-state index >= 15 is 0 Å². The zero-order valence-electron chi connectivity index (χ0n) is 21.1. The second kappa shape index (κ2) is 11.4. The van der Waals surface area contributed by atoms with Gasteiger partial charge in [-0.05, 0) is 43.7 Å². The van der Waals surface area contributed by atoms with Gasteiger partial charge in [-0.3, -0.25) is 9.36 Å². The molecule has 0 fully saturated rings. The van der Waals surface area contributed by atoms with Crippen molar-refractivity contribution in [2.24, 2.45) is 0 Å². The SMILES string of the molecule is CCCCc1nc(-c2ccccc2Cl)c(C)c(=O)n1-c1ccc(OC(c2ccccc2)c2nn[nH]n2)cc1. The van der Waals surface area contributed by atoms with Gasteiger partial charge in [0.1, 0.15) is 11.6 Å². The Balaban J connectivity index is 1.52. The standard InChI is InChI=1S/C29H27ClN6O2/c1-3-4-14-25-31-26(23-12-8-9-13-24(23)30)19(2)29(37)36(25)21-15-17-22(18-16-21)38-27(28-32-34-35-33-28)20-10-6-5-7-11-20/h5-13,15-18,27H,3-4,14H2,1-2H3,(H,32,33,34,35). The topological polar surface area (TPSA) is 98.6 Å². The Hall–Kier alpha value is -4.30. The minimum Gasteiger partial charge on any atom is -0.478 e. The summed E-state index contributed by atoms with van der Waals surface area (Å²) in [6.07, 6.45) is 2.01. The lowest BCUT2D eigenvalue weighted by molar-refractivity contribution is 0.237. The Bertz CT molecular complexity index is 1570. The number of unbranched alkanes of at least 4 members (excludes halogenated alkanes) is 1. The first-order valence-electron chi connectivity index (χ1n) is 12.5. The average molecular weight is 527 g/mol. The molecule has 2 heterocycles. The predicted molar refractivity (Wildman–Crippen MR) is 147 cm³/mol. The number of aromatic nitrogens is 6. The monoisotopic (exact) mass is 526 g/mol. The zero-order valence-corrected chi connectivity index (χ0v) is 21.9. The number of ether oxygens (including phenoxy) is 1. The number of halogens is 1. The molecule has 0 saturated heterocycles. The highest BCUT2D eigenvalue weighted by molar-refractivity contribution is 6.33. The van der Waals surface area contributed by atoms with E-state index in [0.29, 0.717) is 45.8 Å². The van der Waals surface area contributed by atoms with Crippen LogP contribution in [0.1, 0.15) is 48.6 Å². The first-order valence-corrected chi connectivity index (χ1v) is 12.9. The first kappa shape index (κ1) is 25.4. The molecule has 9 heteroatoms. The largest absolute Gasteiger partial charge is 0.478 e. The Morgan fingerprint density at radius 3 is 2.42 bits per heavy atom. The molecule has 1 atom stereocenters. The Labute approximate surface area is 225 Å². The van der Waals surface area contributed by atoms with Gasteiger partial charge in [-0.2, -0.15) is 5.21 Å². The molecule has 0 spiro atoms. The quantitative estimate of drug-likeness (QED) is 0.257. The summed E-state index contributed by atoms with van der Waals surface area (Å²) in [5, 5.41) is 15.0. The molecule has 3 aromatic carbocycles. The van der Waals surface area contributed by atoms with Crippen molar-refractivity contribution in [3.05, 3.63) is 117 Å². The molecule has 0 aliphatic heterocycles. The van der Waals surface area contributed by atoms with Crippen LogP contribution < -0.4 is 10.3 Å². The van der Waals surface area contributed by atoms with Crippen LogP contribution in [0.3, 0.4) is 0 Å². The molecule has 5 rings (SSSR count). The summed E-state index contributed by atoms with van der Waals surface area (Å²) >= 11 is 6.46. The molecule has 5 aromatic rings.